The van der Waals surface area contributed by atoms with E-state index in [0.717, 1.165) is 37.8 Å². The van der Waals surface area contributed by atoms with Crippen molar-refractivity contribution in [2.75, 3.05) is 36.0 Å². The van der Waals surface area contributed by atoms with Gasteiger partial charge >= 0.3 is 0 Å². The molecule has 0 saturated carbocycles. The zero-order valence-corrected chi connectivity index (χ0v) is 11.2. The van der Waals surface area contributed by atoms with E-state index in [1.807, 2.05) is 24.4 Å². The van der Waals surface area contributed by atoms with E-state index in [4.69, 9.17) is 11.6 Å². The summed E-state index contributed by atoms with van der Waals surface area (Å²) in [5, 5.41) is 0.483. The maximum Gasteiger partial charge on any atom is 0.134 e. The second-order valence-corrected chi connectivity index (χ2v) is 4.75. The molecule has 0 unspecified atom stereocenters. The van der Waals surface area contributed by atoms with Crippen molar-refractivity contribution in [3.63, 3.8) is 0 Å². The van der Waals surface area contributed by atoms with Crippen molar-refractivity contribution in [2.24, 2.45) is 0 Å². The molecule has 0 bridgehead atoms. The highest BCUT2D eigenvalue weighted by atomic mass is 35.5. The Labute approximate surface area is 116 Å². The summed E-state index contributed by atoms with van der Waals surface area (Å²) in [6, 6.07) is 7.79. The van der Waals surface area contributed by atoms with Gasteiger partial charge in [0.05, 0.1) is 0 Å². The first-order valence-corrected chi connectivity index (χ1v) is 6.59. The Morgan fingerprint density at radius 3 is 2.26 bits per heavy atom. The minimum atomic E-state index is 0.483. The van der Waals surface area contributed by atoms with E-state index >= 15 is 0 Å². The zero-order chi connectivity index (χ0) is 13.1. The fourth-order valence-electron chi connectivity index (χ4n) is 2.20. The molecule has 3 heterocycles. The lowest BCUT2D eigenvalue weighted by Crippen LogP contribution is -2.47. The van der Waals surface area contributed by atoms with Gasteiger partial charge in [0.25, 0.3) is 0 Å². The first-order valence-electron chi connectivity index (χ1n) is 6.21. The Balaban J connectivity index is 1.67. The first-order chi connectivity index (χ1) is 9.33. The van der Waals surface area contributed by atoms with Crippen LogP contribution in [0.3, 0.4) is 0 Å². The number of anilines is 2. The molecule has 0 N–H and O–H groups in total. The standard InChI is InChI=1S/C13H14ClN5/c14-11-9-13(17-10-16-11)19-7-5-18(6-8-19)12-3-1-2-4-15-12/h1-4,9-10H,5-8H2. The molecule has 1 aliphatic heterocycles. The molecule has 1 aliphatic rings. The summed E-state index contributed by atoms with van der Waals surface area (Å²) in [7, 11) is 0. The molecule has 2 aromatic rings. The maximum absolute atomic E-state index is 5.89. The second-order valence-electron chi connectivity index (χ2n) is 4.36. The van der Waals surface area contributed by atoms with Crippen molar-refractivity contribution >= 4 is 23.2 Å². The van der Waals surface area contributed by atoms with E-state index in [-0.39, 0.29) is 0 Å². The third-order valence-corrected chi connectivity index (χ3v) is 3.40. The fraction of sp³-hybridized carbons (Fsp3) is 0.308. The average molecular weight is 276 g/mol. The van der Waals surface area contributed by atoms with Crippen LogP contribution < -0.4 is 9.80 Å². The van der Waals surface area contributed by atoms with Crippen LogP contribution in [-0.2, 0) is 0 Å². The second kappa shape index (κ2) is 5.40. The third-order valence-electron chi connectivity index (χ3n) is 3.20. The van der Waals surface area contributed by atoms with Gasteiger partial charge in [0.1, 0.15) is 23.1 Å². The third kappa shape index (κ3) is 2.76. The van der Waals surface area contributed by atoms with Crippen LogP contribution in [0, 0.1) is 0 Å². The number of aromatic nitrogens is 3. The quantitative estimate of drug-likeness (QED) is 0.783. The van der Waals surface area contributed by atoms with Crippen LogP contribution in [0.1, 0.15) is 0 Å². The van der Waals surface area contributed by atoms with Gasteiger partial charge < -0.3 is 9.80 Å². The van der Waals surface area contributed by atoms with Crippen molar-refractivity contribution in [1.29, 1.82) is 0 Å². The molecule has 6 heteroatoms. The number of halogens is 1. The number of rotatable bonds is 2. The Morgan fingerprint density at radius 1 is 0.895 bits per heavy atom. The topological polar surface area (TPSA) is 45.2 Å². The van der Waals surface area contributed by atoms with Crippen LogP contribution >= 0.6 is 11.6 Å². The summed E-state index contributed by atoms with van der Waals surface area (Å²) in [4.78, 5) is 17.0. The van der Waals surface area contributed by atoms with Gasteiger partial charge in [-0.05, 0) is 12.1 Å². The smallest absolute Gasteiger partial charge is 0.134 e. The maximum atomic E-state index is 5.89. The van der Waals surface area contributed by atoms with Gasteiger partial charge in [-0.2, -0.15) is 0 Å². The molecule has 0 aliphatic carbocycles. The molecule has 1 fully saturated rings. The lowest BCUT2D eigenvalue weighted by Gasteiger charge is -2.35. The lowest BCUT2D eigenvalue weighted by molar-refractivity contribution is 0.641. The van der Waals surface area contributed by atoms with Gasteiger partial charge in [-0.15, -0.1) is 0 Å². The molecule has 0 radical (unpaired) electrons. The Hall–Kier alpha value is -1.88. The van der Waals surface area contributed by atoms with Gasteiger partial charge in [0, 0.05) is 38.4 Å². The van der Waals surface area contributed by atoms with E-state index in [9.17, 15) is 0 Å². The highest BCUT2D eigenvalue weighted by Gasteiger charge is 2.18. The minimum absolute atomic E-state index is 0.483. The van der Waals surface area contributed by atoms with Gasteiger partial charge in [-0.1, -0.05) is 17.7 Å². The predicted octanol–water partition coefficient (Wildman–Crippen LogP) is 1.85. The van der Waals surface area contributed by atoms with E-state index in [0.29, 0.717) is 5.15 Å². The van der Waals surface area contributed by atoms with Crippen molar-refractivity contribution in [3.05, 3.63) is 41.9 Å². The lowest BCUT2D eigenvalue weighted by atomic mass is 10.3. The Kier molecular flexibility index (Phi) is 3.46. The largest absolute Gasteiger partial charge is 0.353 e. The summed E-state index contributed by atoms with van der Waals surface area (Å²) in [5.41, 5.74) is 0. The van der Waals surface area contributed by atoms with Crippen LogP contribution in [0.5, 0.6) is 0 Å². The summed E-state index contributed by atoms with van der Waals surface area (Å²) in [5.74, 6) is 1.92. The number of piperazine rings is 1. The number of pyridine rings is 1. The highest BCUT2D eigenvalue weighted by Crippen LogP contribution is 2.18. The van der Waals surface area contributed by atoms with Gasteiger partial charge in [0.15, 0.2) is 0 Å². The van der Waals surface area contributed by atoms with Crippen LogP contribution in [-0.4, -0.2) is 41.1 Å². The van der Waals surface area contributed by atoms with Gasteiger partial charge in [-0.25, -0.2) is 15.0 Å². The number of hydrogen-bond donors (Lipinski definition) is 0. The van der Waals surface area contributed by atoms with Gasteiger partial charge in [0.2, 0.25) is 0 Å². The molecule has 19 heavy (non-hydrogen) atoms. The molecule has 0 aromatic carbocycles. The molecular weight excluding hydrogens is 262 g/mol. The Morgan fingerprint density at radius 2 is 1.63 bits per heavy atom. The summed E-state index contributed by atoms with van der Waals surface area (Å²) >= 11 is 5.89. The normalized spacial score (nSPS) is 15.6. The molecule has 98 valence electrons. The number of nitrogens with zero attached hydrogens (tertiary/aromatic N) is 5. The van der Waals surface area contributed by atoms with Gasteiger partial charge in [-0.3, -0.25) is 0 Å². The Bertz CT molecular complexity index is 540. The van der Waals surface area contributed by atoms with E-state index in [2.05, 4.69) is 24.8 Å². The molecule has 0 spiro atoms. The molecular formula is C13H14ClN5. The van der Waals surface area contributed by atoms with Crippen LogP contribution in [0.15, 0.2) is 36.8 Å². The molecule has 3 rings (SSSR count). The molecule has 2 aromatic heterocycles. The van der Waals surface area contributed by atoms with Crippen LogP contribution in [0.4, 0.5) is 11.6 Å². The summed E-state index contributed by atoms with van der Waals surface area (Å²) < 4.78 is 0. The molecule has 1 saturated heterocycles. The molecule has 0 amide bonds. The monoisotopic (exact) mass is 275 g/mol. The van der Waals surface area contributed by atoms with Crippen LogP contribution in [0.25, 0.3) is 0 Å². The van der Waals surface area contributed by atoms with E-state index in [1.165, 1.54) is 6.33 Å². The van der Waals surface area contributed by atoms with E-state index < -0.39 is 0 Å². The zero-order valence-electron chi connectivity index (χ0n) is 10.4. The minimum Gasteiger partial charge on any atom is -0.353 e. The van der Waals surface area contributed by atoms with Crippen molar-refractivity contribution in [3.8, 4) is 0 Å². The SMILES string of the molecule is Clc1cc(N2CCN(c3ccccn3)CC2)ncn1. The first kappa shape index (κ1) is 12.2. The average Bonchev–Trinajstić information content (AvgIpc) is 2.48. The molecule has 5 nitrogen and oxygen atoms in total. The van der Waals surface area contributed by atoms with Crippen molar-refractivity contribution in [1.82, 2.24) is 15.0 Å². The summed E-state index contributed by atoms with van der Waals surface area (Å²) in [6.07, 6.45) is 3.33. The summed E-state index contributed by atoms with van der Waals surface area (Å²) in [6.45, 7) is 3.67. The molecule has 0 atom stereocenters. The highest BCUT2D eigenvalue weighted by molar-refractivity contribution is 6.29. The van der Waals surface area contributed by atoms with Crippen molar-refractivity contribution in [2.45, 2.75) is 0 Å². The van der Waals surface area contributed by atoms with E-state index in [1.54, 1.807) is 6.07 Å². The number of hydrogen-bond acceptors (Lipinski definition) is 5. The fourth-order valence-corrected chi connectivity index (χ4v) is 2.34. The predicted molar refractivity (Wildman–Crippen MR) is 75.7 cm³/mol. The van der Waals surface area contributed by atoms with Crippen LogP contribution in [0.2, 0.25) is 5.15 Å². The van der Waals surface area contributed by atoms with Crippen molar-refractivity contribution < 1.29 is 0 Å².